The number of thiazole rings is 1. The van der Waals surface area contributed by atoms with Crippen LogP contribution in [0.3, 0.4) is 0 Å². The number of carbonyl (C=O) groups excluding carboxylic acids is 1. The summed E-state index contributed by atoms with van der Waals surface area (Å²) in [6.45, 7) is 1.72. The molecule has 0 atom stereocenters. The molecular weight excluding hydrogens is 264 g/mol. The Hall–Kier alpha value is -2.21. The number of carbonyl (C=O) groups is 2. The van der Waals surface area contributed by atoms with Crippen LogP contribution in [0.1, 0.15) is 23.0 Å². The van der Waals surface area contributed by atoms with Gasteiger partial charge in [-0.05, 0) is 0 Å². The lowest BCUT2D eigenvalue weighted by atomic mass is 10.1. The van der Waals surface area contributed by atoms with Gasteiger partial charge in [0.1, 0.15) is 4.88 Å². The topological polar surface area (TPSA) is 79.3 Å². The van der Waals surface area contributed by atoms with Crippen molar-refractivity contribution < 1.29 is 14.7 Å². The largest absolute Gasteiger partial charge is 0.477 e. The number of nitrogens with zero attached hydrogens (tertiary/aromatic N) is 1. The average Bonchev–Trinajstić information content (AvgIpc) is 2.83. The zero-order valence-electron chi connectivity index (χ0n) is 10.2. The number of aromatic nitrogens is 1. The predicted molar refractivity (Wildman–Crippen MR) is 73.4 cm³/mol. The molecular formula is C13H12N2O3S. The highest BCUT2D eigenvalue weighted by Crippen LogP contribution is 2.31. The smallest absolute Gasteiger partial charge is 0.348 e. The molecule has 0 saturated heterocycles. The van der Waals surface area contributed by atoms with Gasteiger partial charge >= 0.3 is 5.97 Å². The van der Waals surface area contributed by atoms with E-state index in [0.29, 0.717) is 22.8 Å². The van der Waals surface area contributed by atoms with Crippen LogP contribution >= 0.6 is 11.3 Å². The second-order valence-electron chi connectivity index (χ2n) is 3.77. The van der Waals surface area contributed by atoms with E-state index in [1.54, 1.807) is 19.1 Å². The highest BCUT2D eigenvalue weighted by molar-refractivity contribution is 7.18. The Morgan fingerprint density at radius 1 is 1.32 bits per heavy atom. The van der Waals surface area contributed by atoms with Crippen molar-refractivity contribution in [2.24, 2.45) is 0 Å². The maximum atomic E-state index is 11.3. The number of carboxylic acids is 1. The fourth-order valence-electron chi connectivity index (χ4n) is 1.52. The molecule has 2 rings (SSSR count). The summed E-state index contributed by atoms with van der Waals surface area (Å²) in [5.41, 5.74) is 1.10. The van der Waals surface area contributed by atoms with Crippen molar-refractivity contribution >= 4 is 28.3 Å². The van der Waals surface area contributed by atoms with Gasteiger partial charge in [0.05, 0.1) is 5.69 Å². The van der Waals surface area contributed by atoms with Gasteiger partial charge in [0.2, 0.25) is 5.91 Å². The summed E-state index contributed by atoms with van der Waals surface area (Å²) in [5, 5.41) is 12.1. The fraction of sp³-hybridized carbons (Fsp3) is 0.154. The van der Waals surface area contributed by atoms with Crippen LogP contribution in [-0.2, 0) is 4.79 Å². The number of amides is 1. The summed E-state index contributed by atoms with van der Waals surface area (Å²) in [5.74, 6) is -1.24. The van der Waals surface area contributed by atoms with Crippen LogP contribution in [0.4, 0.5) is 5.13 Å². The van der Waals surface area contributed by atoms with Crippen molar-refractivity contribution in [3.05, 3.63) is 35.2 Å². The molecule has 0 unspecified atom stereocenters. The lowest BCUT2D eigenvalue weighted by Gasteiger charge is -1.98. The summed E-state index contributed by atoms with van der Waals surface area (Å²) in [6, 6.07) is 9.03. The van der Waals surface area contributed by atoms with Crippen molar-refractivity contribution in [2.75, 3.05) is 5.32 Å². The van der Waals surface area contributed by atoms with Gasteiger partial charge in [0.25, 0.3) is 0 Å². The molecule has 2 N–H and O–H groups in total. The molecule has 19 heavy (non-hydrogen) atoms. The van der Waals surface area contributed by atoms with Crippen LogP contribution < -0.4 is 5.32 Å². The van der Waals surface area contributed by atoms with Gasteiger partial charge in [-0.15, -0.1) is 0 Å². The number of carboxylic acid groups (broad SMARTS) is 1. The number of hydrogen-bond acceptors (Lipinski definition) is 4. The minimum atomic E-state index is -1.05. The number of hydrogen-bond donors (Lipinski definition) is 2. The van der Waals surface area contributed by atoms with E-state index in [1.165, 1.54) is 0 Å². The molecule has 2 aromatic rings. The number of rotatable bonds is 4. The minimum Gasteiger partial charge on any atom is -0.477 e. The zero-order valence-corrected chi connectivity index (χ0v) is 11.0. The zero-order chi connectivity index (χ0) is 13.8. The molecule has 0 aliphatic carbocycles. The van der Waals surface area contributed by atoms with E-state index in [0.717, 1.165) is 11.3 Å². The number of aromatic carboxylic acids is 1. The lowest BCUT2D eigenvalue weighted by molar-refractivity contribution is -0.115. The number of nitrogens with one attached hydrogen (secondary N) is 1. The molecule has 6 heteroatoms. The molecule has 0 spiro atoms. The molecule has 1 heterocycles. The minimum absolute atomic E-state index is 0.123. The van der Waals surface area contributed by atoms with Gasteiger partial charge in [-0.25, -0.2) is 9.78 Å². The highest BCUT2D eigenvalue weighted by Gasteiger charge is 2.19. The van der Waals surface area contributed by atoms with E-state index in [-0.39, 0.29) is 10.8 Å². The van der Waals surface area contributed by atoms with Gasteiger partial charge in [-0.3, -0.25) is 4.79 Å². The predicted octanol–water partition coefficient (Wildman–Crippen LogP) is 2.86. The summed E-state index contributed by atoms with van der Waals surface area (Å²) >= 11 is 0.964. The molecule has 5 nitrogen and oxygen atoms in total. The third kappa shape index (κ3) is 2.97. The van der Waals surface area contributed by atoms with Crippen LogP contribution in [0.2, 0.25) is 0 Å². The van der Waals surface area contributed by atoms with Gasteiger partial charge in [0, 0.05) is 12.0 Å². The third-order valence-corrected chi connectivity index (χ3v) is 3.39. The Labute approximate surface area is 113 Å². The quantitative estimate of drug-likeness (QED) is 0.900. The van der Waals surface area contributed by atoms with E-state index in [9.17, 15) is 14.7 Å². The van der Waals surface area contributed by atoms with Gasteiger partial charge < -0.3 is 10.4 Å². The molecule has 1 amide bonds. The molecule has 1 aromatic heterocycles. The van der Waals surface area contributed by atoms with Crippen molar-refractivity contribution in [1.29, 1.82) is 0 Å². The first-order valence-electron chi connectivity index (χ1n) is 5.71. The first-order chi connectivity index (χ1) is 9.11. The average molecular weight is 276 g/mol. The number of benzene rings is 1. The fourth-order valence-corrected chi connectivity index (χ4v) is 2.36. The van der Waals surface area contributed by atoms with Gasteiger partial charge in [0.15, 0.2) is 5.13 Å². The molecule has 0 saturated carbocycles. The normalized spacial score (nSPS) is 10.2. The van der Waals surface area contributed by atoms with E-state index >= 15 is 0 Å². The maximum absolute atomic E-state index is 11.3. The van der Waals surface area contributed by atoms with Crippen molar-refractivity contribution in [2.45, 2.75) is 13.3 Å². The van der Waals surface area contributed by atoms with Crippen LogP contribution in [0.25, 0.3) is 11.3 Å². The summed E-state index contributed by atoms with van der Waals surface area (Å²) in [6.07, 6.45) is 0.322. The molecule has 1 aromatic carbocycles. The van der Waals surface area contributed by atoms with Crippen LogP contribution in [-0.4, -0.2) is 22.0 Å². The Bertz CT molecular complexity index is 608. The highest BCUT2D eigenvalue weighted by atomic mass is 32.1. The number of anilines is 1. The summed E-state index contributed by atoms with van der Waals surface area (Å²) in [4.78, 5) is 26.9. The molecule has 0 aliphatic rings. The van der Waals surface area contributed by atoms with Crippen molar-refractivity contribution in [3.8, 4) is 11.3 Å². The Morgan fingerprint density at radius 2 is 2.00 bits per heavy atom. The molecule has 0 fully saturated rings. The molecule has 0 bridgehead atoms. The Balaban J connectivity index is 2.42. The maximum Gasteiger partial charge on any atom is 0.348 e. The van der Waals surface area contributed by atoms with Crippen molar-refractivity contribution in [3.63, 3.8) is 0 Å². The van der Waals surface area contributed by atoms with E-state index in [4.69, 9.17) is 0 Å². The first kappa shape index (κ1) is 13.2. The summed E-state index contributed by atoms with van der Waals surface area (Å²) in [7, 11) is 0. The van der Waals surface area contributed by atoms with Gasteiger partial charge in [-0.1, -0.05) is 48.6 Å². The lowest BCUT2D eigenvalue weighted by Crippen LogP contribution is -2.08. The Morgan fingerprint density at radius 3 is 2.58 bits per heavy atom. The van der Waals surface area contributed by atoms with Crippen LogP contribution in [0.5, 0.6) is 0 Å². The Kier molecular flexibility index (Phi) is 3.91. The SMILES string of the molecule is CCC(=O)Nc1nc(-c2ccccc2)c(C(=O)O)s1. The van der Waals surface area contributed by atoms with E-state index in [1.807, 2.05) is 18.2 Å². The van der Waals surface area contributed by atoms with Crippen LogP contribution in [0.15, 0.2) is 30.3 Å². The first-order valence-corrected chi connectivity index (χ1v) is 6.53. The molecule has 0 aliphatic heterocycles. The van der Waals surface area contributed by atoms with Crippen molar-refractivity contribution in [1.82, 2.24) is 4.98 Å². The van der Waals surface area contributed by atoms with E-state index in [2.05, 4.69) is 10.3 Å². The monoisotopic (exact) mass is 276 g/mol. The molecule has 98 valence electrons. The standard InChI is InChI=1S/C13H12N2O3S/c1-2-9(16)14-13-15-10(11(19-13)12(17)18)8-6-4-3-5-7-8/h3-7H,2H2,1H3,(H,17,18)(H,14,15,16). The van der Waals surface area contributed by atoms with E-state index < -0.39 is 5.97 Å². The second-order valence-corrected chi connectivity index (χ2v) is 4.77. The molecule has 0 radical (unpaired) electrons. The summed E-state index contributed by atoms with van der Waals surface area (Å²) < 4.78 is 0. The van der Waals surface area contributed by atoms with Gasteiger partial charge in [-0.2, -0.15) is 0 Å². The van der Waals surface area contributed by atoms with Crippen LogP contribution in [0, 0.1) is 0 Å². The third-order valence-electron chi connectivity index (χ3n) is 2.44. The second kappa shape index (κ2) is 5.62.